The number of benzene rings is 3. The average Bonchev–Trinajstić information content (AvgIpc) is 3.18. The molecule has 0 amide bonds. The molecule has 2 heterocycles. The highest BCUT2D eigenvalue weighted by Crippen LogP contribution is 2.64. The van der Waals surface area contributed by atoms with E-state index in [9.17, 15) is 0 Å². The molecule has 1 fully saturated rings. The van der Waals surface area contributed by atoms with Crippen molar-refractivity contribution in [2.45, 2.75) is 25.3 Å². The topological polar surface area (TPSA) is 24.8 Å². The smallest absolute Gasteiger partial charge is 0.219 e. The maximum absolute atomic E-state index is 15.2. The second-order valence-electron chi connectivity index (χ2n) is 9.64. The molecule has 5 rings (SSSR count). The zero-order valence-corrected chi connectivity index (χ0v) is 22.4. The molecule has 1 unspecified atom stereocenters. The van der Waals surface area contributed by atoms with E-state index in [1.165, 1.54) is 16.0 Å². The number of fused-ring (bicyclic) bond motifs is 3. The van der Waals surface area contributed by atoms with Crippen molar-refractivity contribution >= 4 is 46.2 Å². The first-order valence-corrected chi connectivity index (χ1v) is 14.6. The van der Waals surface area contributed by atoms with E-state index in [0.29, 0.717) is 16.0 Å². The third-order valence-corrected chi connectivity index (χ3v) is 10.5. The minimum atomic E-state index is -3.33. The van der Waals surface area contributed by atoms with Crippen LogP contribution in [0, 0.1) is 6.92 Å². The van der Waals surface area contributed by atoms with Gasteiger partial charge >= 0.3 is 0 Å². The second-order valence-corrected chi connectivity index (χ2v) is 12.7. The third kappa shape index (κ3) is 4.88. The molecule has 180 valence electrons. The van der Waals surface area contributed by atoms with Crippen molar-refractivity contribution in [3.05, 3.63) is 113 Å². The van der Waals surface area contributed by atoms with Crippen molar-refractivity contribution in [3.8, 4) is 0 Å². The van der Waals surface area contributed by atoms with Gasteiger partial charge in [-0.3, -0.25) is 4.57 Å². The summed E-state index contributed by atoms with van der Waals surface area (Å²) in [5, 5.41) is 0.941. The lowest BCUT2D eigenvalue weighted by Crippen LogP contribution is -3.11. The molecular formula is C29H30Cl2N2OP+. The normalized spacial score (nSPS) is 22.6. The van der Waals surface area contributed by atoms with Crippen molar-refractivity contribution in [2.75, 3.05) is 24.8 Å². The largest absolute Gasteiger partial charge is 0.337 e. The first kappa shape index (κ1) is 24.4. The van der Waals surface area contributed by atoms with Gasteiger partial charge in [0, 0.05) is 23.7 Å². The Kier molecular flexibility index (Phi) is 6.97. The van der Waals surface area contributed by atoms with Crippen LogP contribution in [0.25, 0.3) is 10.1 Å². The molecule has 35 heavy (non-hydrogen) atoms. The fourth-order valence-corrected chi connectivity index (χ4v) is 9.03. The Morgan fingerprint density at radius 2 is 1.51 bits per heavy atom. The van der Waals surface area contributed by atoms with E-state index in [1.54, 1.807) is 11.6 Å². The summed E-state index contributed by atoms with van der Waals surface area (Å²) in [6.07, 6.45) is 0.960. The van der Waals surface area contributed by atoms with Crippen molar-refractivity contribution in [3.63, 3.8) is 0 Å². The van der Waals surface area contributed by atoms with Crippen LogP contribution in [0.1, 0.15) is 34.6 Å². The second kappa shape index (κ2) is 9.99. The predicted molar refractivity (Wildman–Crippen MR) is 150 cm³/mol. The molecule has 3 atom stereocenters. The summed E-state index contributed by atoms with van der Waals surface area (Å²) >= 11 is 13.7. The zero-order valence-electron chi connectivity index (χ0n) is 20.0. The lowest BCUT2D eigenvalue weighted by Gasteiger charge is -2.38. The molecule has 0 aliphatic carbocycles. The van der Waals surface area contributed by atoms with Crippen molar-refractivity contribution in [1.82, 2.24) is 0 Å². The Bertz CT molecular complexity index is 1260. The van der Waals surface area contributed by atoms with Gasteiger partial charge in [-0.05, 0) is 29.7 Å². The first-order valence-electron chi connectivity index (χ1n) is 12.0. The highest BCUT2D eigenvalue weighted by molar-refractivity contribution is 7.72. The molecular weight excluding hydrogens is 494 g/mol. The fraction of sp³-hybridized carbons (Fsp3) is 0.241. The maximum atomic E-state index is 15.2. The predicted octanol–water partition coefficient (Wildman–Crippen LogP) is 6.94. The van der Waals surface area contributed by atoms with Crippen molar-refractivity contribution in [1.29, 1.82) is 0 Å². The maximum Gasteiger partial charge on any atom is 0.219 e. The molecule has 2 aliphatic rings. The molecule has 3 aromatic carbocycles. The fourth-order valence-electron chi connectivity index (χ4n) is 5.41. The molecule has 3 nitrogen and oxygen atoms in total. The monoisotopic (exact) mass is 523 g/mol. The van der Waals surface area contributed by atoms with E-state index in [0.717, 1.165) is 36.3 Å². The Morgan fingerprint density at radius 3 is 2.09 bits per heavy atom. The van der Waals surface area contributed by atoms with E-state index in [1.807, 2.05) is 60.7 Å². The average molecular weight is 524 g/mol. The number of rotatable bonds is 5. The molecule has 0 bridgehead atoms. The standard InChI is InChI=1S/C29H29Cl2N2OP/c1-21-13-14-28-24(17-21)25-18-32(2)16-15-29(25)33(28)35(34,19-26(30)22-9-5-3-6-10-22)20-27(31)23-11-7-4-8-12-23/h3-14,17,19-20,25,29H,15-16,18H2,1-2H3/p+1/b26-19-,27-20-/t25-,29-/m1/s1. The summed E-state index contributed by atoms with van der Waals surface area (Å²) < 4.78 is 17.3. The lowest BCUT2D eigenvalue weighted by atomic mass is 9.89. The number of nitrogens with zero attached hydrogens (tertiary/aromatic N) is 1. The third-order valence-electron chi connectivity index (χ3n) is 7.08. The van der Waals surface area contributed by atoms with Gasteiger partial charge in [0.05, 0.1) is 42.2 Å². The molecule has 3 aromatic rings. The van der Waals surface area contributed by atoms with E-state index in [4.69, 9.17) is 23.2 Å². The molecule has 0 saturated carbocycles. The van der Waals surface area contributed by atoms with E-state index in [2.05, 4.69) is 36.8 Å². The number of halogens is 2. The van der Waals surface area contributed by atoms with Gasteiger partial charge in [-0.2, -0.15) is 0 Å². The van der Waals surface area contributed by atoms with Crippen LogP contribution in [-0.2, 0) is 4.57 Å². The Morgan fingerprint density at radius 1 is 0.943 bits per heavy atom. The SMILES string of the molecule is Cc1ccc2c(c1)[C@H]1C[NH+](C)CC[C@H]1N2P(=O)(/C=C(\Cl)c1ccccc1)/C=C(\Cl)c1ccccc1. The molecule has 0 radical (unpaired) electrons. The van der Waals surface area contributed by atoms with Gasteiger partial charge in [0.2, 0.25) is 7.29 Å². The summed E-state index contributed by atoms with van der Waals surface area (Å²) in [4.78, 5) is 1.51. The summed E-state index contributed by atoms with van der Waals surface area (Å²) in [6, 6.07) is 26.0. The summed E-state index contributed by atoms with van der Waals surface area (Å²) in [7, 11) is -1.09. The number of piperidine rings is 1. The van der Waals surface area contributed by atoms with Gasteiger partial charge in [0.25, 0.3) is 0 Å². The van der Waals surface area contributed by atoms with Crippen LogP contribution in [-0.4, -0.2) is 26.2 Å². The van der Waals surface area contributed by atoms with Crippen LogP contribution in [0.2, 0.25) is 0 Å². The minimum absolute atomic E-state index is 0.134. The lowest BCUT2D eigenvalue weighted by molar-refractivity contribution is -0.886. The highest BCUT2D eigenvalue weighted by atomic mass is 35.5. The number of nitrogens with one attached hydrogen (secondary N) is 1. The van der Waals surface area contributed by atoms with Gasteiger partial charge < -0.3 is 9.57 Å². The summed E-state index contributed by atoms with van der Waals surface area (Å²) in [5.41, 5.74) is 5.21. The van der Waals surface area contributed by atoms with E-state index >= 15 is 4.57 Å². The van der Waals surface area contributed by atoms with Crippen LogP contribution >= 0.6 is 30.5 Å². The Hall–Kier alpha value is -2.29. The van der Waals surface area contributed by atoms with Crippen LogP contribution in [0.15, 0.2) is 90.5 Å². The zero-order chi connectivity index (χ0) is 24.6. The van der Waals surface area contributed by atoms with Gasteiger partial charge in [-0.15, -0.1) is 0 Å². The van der Waals surface area contributed by atoms with Crippen LogP contribution in [0.4, 0.5) is 5.69 Å². The van der Waals surface area contributed by atoms with Gasteiger partial charge in [-0.1, -0.05) is 102 Å². The molecule has 0 aromatic heterocycles. The molecule has 1 N–H and O–H groups in total. The van der Waals surface area contributed by atoms with Crippen molar-refractivity contribution < 1.29 is 9.46 Å². The van der Waals surface area contributed by atoms with Gasteiger partial charge in [-0.25, -0.2) is 0 Å². The number of likely N-dealkylation sites (N-methyl/N-ethyl adjacent to an activating group) is 1. The summed E-state index contributed by atoms with van der Waals surface area (Å²) in [5.74, 6) is 3.80. The number of aryl methyl sites for hydroxylation is 1. The number of hydrogen-bond donors (Lipinski definition) is 1. The van der Waals surface area contributed by atoms with Gasteiger partial charge in [0.1, 0.15) is 0 Å². The number of likely N-dealkylation sites (tertiary alicyclic amines) is 1. The molecule has 1 saturated heterocycles. The van der Waals surface area contributed by atoms with Gasteiger partial charge in [0.15, 0.2) is 0 Å². The first-order chi connectivity index (χ1) is 16.9. The van der Waals surface area contributed by atoms with E-state index in [-0.39, 0.29) is 6.04 Å². The molecule has 2 aliphatic heterocycles. The quantitative estimate of drug-likeness (QED) is 0.366. The Balaban J connectivity index is 1.69. The number of anilines is 1. The van der Waals surface area contributed by atoms with Crippen LogP contribution in [0.3, 0.4) is 0 Å². The summed E-state index contributed by atoms with van der Waals surface area (Å²) in [6.45, 7) is 4.18. The molecule has 0 spiro atoms. The van der Waals surface area contributed by atoms with E-state index < -0.39 is 7.29 Å². The van der Waals surface area contributed by atoms with Crippen LogP contribution < -0.4 is 9.57 Å². The highest BCUT2D eigenvalue weighted by Gasteiger charge is 2.48. The van der Waals surface area contributed by atoms with Crippen molar-refractivity contribution in [2.24, 2.45) is 0 Å². The minimum Gasteiger partial charge on any atom is -0.337 e. The number of quaternary nitrogens is 1. The number of hydrogen-bond acceptors (Lipinski definition) is 1. The Labute approximate surface area is 218 Å². The molecule has 6 heteroatoms. The van der Waals surface area contributed by atoms with Crippen LogP contribution in [0.5, 0.6) is 0 Å².